The molecule has 4 nitrogen and oxygen atoms in total. The Labute approximate surface area is 102 Å². The standard InChI is InChI=1S/C13H18N2O2/c1-4-17-12-6-5-10(7-9(12)2)11-8-15(3)13(16)14-11/h5-7,11H,4,8H2,1-3H3,(H,14,16). The van der Waals surface area contributed by atoms with E-state index >= 15 is 0 Å². The van der Waals surface area contributed by atoms with E-state index in [1.807, 2.05) is 26.0 Å². The third-order valence-corrected chi connectivity index (χ3v) is 3.00. The number of carbonyl (C=O) groups excluding carboxylic acids is 1. The van der Waals surface area contributed by atoms with Crippen molar-refractivity contribution in [1.29, 1.82) is 0 Å². The van der Waals surface area contributed by atoms with Crippen LogP contribution in [0.3, 0.4) is 0 Å². The summed E-state index contributed by atoms with van der Waals surface area (Å²) in [6, 6.07) is 6.14. The van der Waals surface area contributed by atoms with Crippen LogP contribution in [0.25, 0.3) is 0 Å². The zero-order valence-corrected chi connectivity index (χ0v) is 10.5. The number of hydrogen-bond acceptors (Lipinski definition) is 2. The molecule has 1 unspecified atom stereocenters. The second-order valence-electron chi connectivity index (χ2n) is 4.34. The molecule has 2 amide bonds. The summed E-state index contributed by atoms with van der Waals surface area (Å²) in [5.41, 5.74) is 2.23. The number of benzene rings is 1. The number of hydrogen-bond donors (Lipinski definition) is 1. The highest BCUT2D eigenvalue weighted by Gasteiger charge is 2.26. The number of likely N-dealkylation sites (N-methyl/N-ethyl adjacent to an activating group) is 1. The normalized spacial score (nSPS) is 19.4. The molecule has 1 fully saturated rings. The maximum atomic E-state index is 11.4. The molecule has 1 heterocycles. The molecule has 0 bridgehead atoms. The average Bonchev–Trinajstić information content (AvgIpc) is 2.62. The summed E-state index contributed by atoms with van der Waals surface area (Å²) in [7, 11) is 1.80. The van der Waals surface area contributed by atoms with Gasteiger partial charge in [0.15, 0.2) is 0 Å². The van der Waals surface area contributed by atoms with Crippen LogP contribution < -0.4 is 10.1 Å². The molecule has 1 aromatic rings. The lowest BCUT2D eigenvalue weighted by Gasteiger charge is -2.13. The molecule has 0 radical (unpaired) electrons. The lowest BCUT2D eigenvalue weighted by molar-refractivity contribution is 0.226. The Bertz CT molecular complexity index is 431. The van der Waals surface area contributed by atoms with Crippen molar-refractivity contribution in [2.45, 2.75) is 19.9 Å². The maximum Gasteiger partial charge on any atom is 0.317 e. The zero-order chi connectivity index (χ0) is 12.4. The van der Waals surface area contributed by atoms with E-state index in [1.165, 1.54) is 0 Å². The molecule has 0 spiro atoms. The Hall–Kier alpha value is -1.71. The van der Waals surface area contributed by atoms with E-state index in [1.54, 1.807) is 11.9 Å². The Kier molecular flexibility index (Phi) is 3.22. The van der Waals surface area contributed by atoms with Crippen LogP contribution in [0.15, 0.2) is 18.2 Å². The summed E-state index contributed by atoms with van der Waals surface area (Å²) in [6.07, 6.45) is 0. The van der Waals surface area contributed by atoms with E-state index in [2.05, 4.69) is 11.4 Å². The van der Waals surface area contributed by atoms with Crippen LogP contribution in [0.5, 0.6) is 5.75 Å². The summed E-state index contributed by atoms with van der Waals surface area (Å²) < 4.78 is 5.50. The van der Waals surface area contributed by atoms with E-state index in [0.29, 0.717) is 13.2 Å². The van der Waals surface area contributed by atoms with Crippen molar-refractivity contribution in [3.63, 3.8) is 0 Å². The molecule has 1 atom stereocenters. The minimum Gasteiger partial charge on any atom is -0.494 e. The summed E-state index contributed by atoms with van der Waals surface area (Å²) in [6.45, 7) is 5.38. The first-order valence-corrected chi connectivity index (χ1v) is 5.86. The van der Waals surface area contributed by atoms with Crippen molar-refractivity contribution in [2.24, 2.45) is 0 Å². The van der Waals surface area contributed by atoms with Gasteiger partial charge in [-0.05, 0) is 31.0 Å². The molecule has 1 saturated heterocycles. The van der Waals surface area contributed by atoms with Crippen LogP contribution in [-0.2, 0) is 0 Å². The maximum absolute atomic E-state index is 11.4. The number of urea groups is 1. The van der Waals surface area contributed by atoms with Crippen molar-refractivity contribution >= 4 is 6.03 Å². The number of ether oxygens (including phenoxy) is 1. The van der Waals surface area contributed by atoms with E-state index in [9.17, 15) is 4.79 Å². The van der Waals surface area contributed by atoms with Crippen LogP contribution in [0.1, 0.15) is 24.1 Å². The first-order chi connectivity index (χ1) is 8.11. The fourth-order valence-corrected chi connectivity index (χ4v) is 2.06. The molecule has 92 valence electrons. The van der Waals surface area contributed by atoms with Crippen molar-refractivity contribution < 1.29 is 9.53 Å². The molecule has 2 rings (SSSR count). The molecule has 4 heteroatoms. The van der Waals surface area contributed by atoms with Crippen LogP contribution in [0.4, 0.5) is 4.79 Å². The second-order valence-corrected chi connectivity index (χ2v) is 4.34. The van der Waals surface area contributed by atoms with Gasteiger partial charge < -0.3 is 15.0 Å². The molecule has 0 saturated carbocycles. The summed E-state index contributed by atoms with van der Waals surface area (Å²) in [5, 5.41) is 2.94. The number of carbonyl (C=O) groups is 1. The third-order valence-electron chi connectivity index (χ3n) is 3.00. The summed E-state index contributed by atoms with van der Waals surface area (Å²) in [4.78, 5) is 13.1. The van der Waals surface area contributed by atoms with Crippen molar-refractivity contribution in [2.75, 3.05) is 20.2 Å². The van der Waals surface area contributed by atoms with Gasteiger partial charge in [-0.3, -0.25) is 0 Å². The first kappa shape index (κ1) is 11.8. The second kappa shape index (κ2) is 4.65. The number of nitrogens with one attached hydrogen (secondary N) is 1. The largest absolute Gasteiger partial charge is 0.494 e. The van der Waals surface area contributed by atoms with Gasteiger partial charge in [0.25, 0.3) is 0 Å². The average molecular weight is 234 g/mol. The molecule has 0 aliphatic carbocycles. The van der Waals surface area contributed by atoms with Gasteiger partial charge >= 0.3 is 6.03 Å². The monoisotopic (exact) mass is 234 g/mol. The molecule has 17 heavy (non-hydrogen) atoms. The van der Waals surface area contributed by atoms with Crippen molar-refractivity contribution in [1.82, 2.24) is 10.2 Å². The van der Waals surface area contributed by atoms with Gasteiger partial charge in [-0.1, -0.05) is 12.1 Å². The Morgan fingerprint density at radius 3 is 2.82 bits per heavy atom. The summed E-state index contributed by atoms with van der Waals surface area (Å²) in [5.74, 6) is 0.911. The van der Waals surface area contributed by atoms with Crippen LogP contribution in [0, 0.1) is 6.92 Å². The molecular formula is C13H18N2O2. The quantitative estimate of drug-likeness (QED) is 0.870. The predicted octanol–water partition coefficient (Wildman–Crippen LogP) is 2.09. The van der Waals surface area contributed by atoms with E-state index < -0.39 is 0 Å². The van der Waals surface area contributed by atoms with Gasteiger partial charge in [0.1, 0.15) is 5.75 Å². The fraction of sp³-hybridized carbons (Fsp3) is 0.462. The van der Waals surface area contributed by atoms with Crippen LogP contribution in [0.2, 0.25) is 0 Å². The first-order valence-electron chi connectivity index (χ1n) is 5.86. The van der Waals surface area contributed by atoms with Gasteiger partial charge in [-0.25, -0.2) is 4.79 Å². The predicted molar refractivity (Wildman–Crippen MR) is 66.3 cm³/mol. The minimum atomic E-state index is -0.0125. The number of amides is 2. The van der Waals surface area contributed by atoms with Gasteiger partial charge in [-0.15, -0.1) is 0 Å². The zero-order valence-electron chi connectivity index (χ0n) is 10.5. The number of rotatable bonds is 3. The Balaban J connectivity index is 2.18. The smallest absolute Gasteiger partial charge is 0.317 e. The number of nitrogens with zero attached hydrogens (tertiary/aromatic N) is 1. The Morgan fingerprint density at radius 2 is 2.29 bits per heavy atom. The van der Waals surface area contributed by atoms with Gasteiger partial charge in [0, 0.05) is 13.6 Å². The van der Waals surface area contributed by atoms with E-state index in [4.69, 9.17) is 4.74 Å². The minimum absolute atomic E-state index is 0.0125. The Morgan fingerprint density at radius 1 is 1.53 bits per heavy atom. The summed E-state index contributed by atoms with van der Waals surface area (Å²) >= 11 is 0. The van der Waals surface area contributed by atoms with Crippen LogP contribution in [-0.4, -0.2) is 31.1 Å². The lowest BCUT2D eigenvalue weighted by Crippen LogP contribution is -2.23. The molecule has 1 aliphatic heterocycles. The van der Waals surface area contributed by atoms with Crippen molar-refractivity contribution in [3.8, 4) is 5.75 Å². The third kappa shape index (κ3) is 2.35. The van der Waals surface area contributed by atoms with Crippen molar-refractivity contribution in [3.05, 3.63) is 29.3 Å². The highest BCUT2D eigenvalue weighted by Crippen LogP contribution is 2.25. The molecule has 1 N–H and O–H groups in total. The molecule has 0 aromatic heterocycles. The molecule has 1 aliphatic rings. The highest BCUT2D eigenvalue weighted by atomic mass is 16.5. The lowest BCUT2D eigenvalue weighted by atomic mass is 10.0. The topological polar surface area (TPSA) is 41.6 Å². The highest BCUT2D eigenvalue weighted by molar-refractivity contribution is 5.76. The van der Waals surface area contributed by atoms with Crippen LogP contribution >= 0.6 is 0 Å². The SMILES string of the molecule is CCOc1ccc(C2CN(C)C(=O)N2)cc1C. The van der Waals surface area contributed by atoms with E-state index in [0.717, 1.165) is 16.9 Å². The molecular weight excluding hydrogens is 216 g/mol. The fourth-order valence-electron chi connectivity index (χ4n) is 2.06. The van der Waals surface area contributed by atoms with Gasteiger partial charge in [-0.2, -0.15) is 0 Å². The van der Waals surface area contributed by atoms with Gasteiger partial charge in [0.2, 0.25) is 0 Å². The number of aryl methyl sites for hydroxylation is 1. The van der Waals surface area contributed by atoms with Gasteiger partial charge in [0.05, 0.1) is 12.6 Å². The molecule has 1 aromatic carbocycles. The van der Waals surface area contributed by atoms with E-state index in [-0.39, 0.29) is 12.1 Å².